The van der Waals surface area contributed by atoms with Crippen LogP contribution in [-0.2, 0) is 4.74 Å². The molecule has 1 aromatic heterocycles. The first kappa shape index (κ1) is 17.9. The van der Waals surface area contributed by atoms with Gasteiger partial charge in [0.2, 0.25) is 0 Å². The molecule has 6 heteroatoms. The normalized spacial score (nSPS) is 10.5. The Bertz CT molecular complexity index is 653. The molecule has 0 fully saturated rings. The summed E-state index contributed by atoms with van der Waals surface area (Å²) in [7, 11) is 3.13. The van der Waals surface area contributed by atoms with Gasteiger partial charge in [-0.3, -0.25) is 4.79 Å². The van der Waals surface area contributed by atoms with E-state index in [0.29, 0.717) is 36.8 Å². The molecule has 1 heterocycles. The fourth-order valence-corrected chi connectivity index (χ4v) is 2.37. The zero-order valence-electron chi connectivity index (χ0n) is 14.4. The number of benzene rings is 1. The molecule has 0 aliphatic rings. The molecule has 2 rings (SSSR count). The van der Waals surface area contributed by atoms with E-state index in [-0.39, 0.29) is 5.91 Å². The minimum Gasteiger partial charge on any atom is -0.493 e. The predicted molar refractivity (Wildman–Crippen MR) is 92.3 cm³/mol. The van der Waals surface area contributed by atoms with Crippen molar-refractivity contribution in [2.75, 3.05) is 34.0 Å². The number of carbonyl (C=O) groups excluding carboxylic acids is 1. The minimum absolute atomic E-state index is 0.156. The lowest BCUT2D eigenvalue weighted by atomic mass is 10.1. The number of hydrogen-bond donors (Lipinski definition) is 1. The Kier molecular flexibility index (Phi) is 6.69. The van der Waals surface area contributed by atoms with Crippen LogP contribution >= 0.6 is 0 Å². The molecule has 0 aliphatic carbocycles. The molecule has 0 radical (unpaired) electrons. The second-order valence-corrected chi connectivity index (χ2v) is 5.12. The van der Waals surface area contributed by atoms with Gasteiger partial charge in [0.05, 0.1) is 25.5 Å². The van der Waals surface area contributed by atoms with Crippen LogP contribution in [0.4, 0.5) is 0 Å². The molecule has 0 saturated carbocycles. The predicted octanol–water partition coefficient (Wildman–Crippen LogP) is 2.65. The van der Waals surface area contributed by atoms with Crippen molar-refractivity contribution in [3.8, 4) is 17.2 Å². The van der Waals surface area contributed by atoms with E-state index in [4.69, 9.17) is 14.2 Å². The molecule has 0 saturated heterocycles. The van der Waals surface area contributed by atoms with Crippen LogP contribution in [0.5, 0.6) is 11.5 Å². The first-order valence-corrected chi connectivity index (χ1v) is 7.96. The summed E-state index contributed by atoms with van der Waals surface area (Å²) in [6.45, 7) is 3.82. The molecule has 130 valence electrons. The Morgan fingerprint density at radius 1 is 1.12 bits per heavy atom. The summed E-state index contributed by atoms with van der Waals surface area (Å²) in [6.07, 6.45) is 4.53. The molecule has 0 aliphatic heterocycles. The lowest BCUT2D eigenvalue weighted by Gasteiger charge is -2.15. The highest BCUT2D eigenvalue weighted by Crippen LogP contribution is 2.32. The number of aromatic nitrogens is 1. The highest BCUT2D eigenvalue weighted by Gasteiger charge is 2.17. The second-order valence-electron chi connectivity index (χ2n) is 5.12. The van der Waals surface area contributed by atoms with Gasteiger partial charge in [-0.15, -0.1) is 0 Å². The number of ether oxygens (including phenoxy) is 3. The van der Waals surface area contributed by atoms with Crippen LogP contribution in [0.1, 0.15) is 23.7 Å². The molecule has 0 spiro atoms. The van der Waals surface area contributed by atoms with E-state index >= 15 is 0 Å². The van der Waals surface area contributed by atoms with Gasteiger partial charge in [-0.05, 0) is 31.5 Å². The van der Waals surface area contributed by atoms with Gasteiger partial charge in [0.1, 0.15) is 0 Å². The van der Waals surface area contributed by atoms with Gasteiger partial charge in [-0.2, -0.15) is 0 Å². The molecule has 1 N–H and O–H groups in total. The third-order valence-electron chi connectivity index (χ3n) is 3.58. The summed E-state index contributed by atoms with van der Waals surface area (Å²) >= 11 is 0. The lowest BCUT2D eigenvalue weighted by Crippen LogP contribution is -2.26. The Balaban J connectivity index is 2.24. The summed E-state index contributed by atoms with van der Waals surface area (Å²) in [6, 6.07) is 7.31. The van der Waals surface area contributed by atoms with E-state index in [9.17, 15) is 4.79 Å². The molecule has 0 bridgehead atoms. The monoisotopic (exact) mass is 332 g/mol. The van der Waals surface area contributed by atoms with Crippen molar-refractivity contribution < 1.29 is 19.0 Å². The zero-order chi connectivity index (χ0) is 17.4. The number of amides is 1. The van der Waals surface area contributed by atoms with Gasteiger partial charge >= 0.3 is 0 Å². The van der Waals surface area contributed by atoms with Gasteiger partial charge < -0.3 is 24.1 Å². The SMILES string of the molecule is CCOCCCNC(=O)c1cc(OC)c(OC)cc1-n1cccc1. The van der Waals surface area contributed by atoms with E-state index in [1.807, 2.05) is 36.0 Å². The maximum atomic E-state index is 12.6. The average Bonchev–Trinajstić information content (AvgIpc) is 3.14. The van der Waals surface area contributed by atoms with E-state index in [1.165, 1.54) is 0 Å². The average molecular weight is 332 g/mol. The molecule has 0 atom stereocenters. The van der Waals surface area contributed by atoms with Crippen LogP contribution in [0.25, 0.3) is 5.69 Å². The fourth-order valence-electron chi connectivity index (χ4n) is 2.37. The number of nitrogens with zero attached hydrogens (tertiary/aromatic N) is 1. The van der Waals surface area contributed by atoms with E-state index in [1.54, 1.807) is 26.4 Å². The van der Waals surface area contributed by atoms with Crippen molar-refractivity contribution in [2.45, 2.75) is 13.3 Å². The van der Waals surface area contributed by atoms with Gasteiger partial charge in [0.25, 0.3) is 5.91 Å². The first-order valence-electron chi connectivity index (χ1n) is 7.96. The van der Waals surface area contributed by atoms with Crippen LogP contribution in [0.15, 0.2) is 36.7 Å². The van der Waals surface area contributed by atoms with Crippen LogP contribution in [0.2, 0.25) is 0 Å². The largest absolute Gasteiger partial charge is 0.493 e. The third kappa shape index (κ3) is 4.29. The number of methoxy groups -OCH3 is 2. The maximum absolute atomic E-state index is 12.6. The number of rotatable bonds is 9. The van der Waals surface area contributed by atoms with Gasteiger partial charge in [0.15, 0.2) is 11.5 Å². The van der Waals surface area contributed by atoms with Crippen molar-refractivity contribution in [3.05, 3.63) is 42.2 Å². The van der Waals surface area contributed by atoms with Gasteiger partial charge in [0, 0.05) is 38.2 Å². The Labute approximate surface area is 142 Å². The third-order valence-corrected chi connectivity index (χ3v) is 3.58. The Morgan fingerprint density at radius 2 is 1.79 bits per heavy atom. The quantitative estimate of drug-likeness (QED) is 0.717. The van der Waals surface area contributed by atoms with E-state index in [0.717, 1.165) is 12.1 Å². The van der Waals surface area contributed by atoms with Crippen LogP contribution < -0.4 is 14.8 Å². The minimum atomic E-state index is -0.156. The molecule has 0 unspecified atom stereocenters. The van der Waals surface area contributed by atoms with Crippen LogP contribution in [0.3, 0.4) is 0 Å². The standard InChI is InChI=1S/C18H24N2O4/c1-4-24-11-7-8-19-18(21)14-12-16(22-2)17(23-3)13-15(14)20-9-5-6-10-20/h5-6,9-10,12-13H,4,7-8,11H2,1-3H3,(H,19,21). The summed E-state index contributed by atoms with van der Waals surface area (Å²) in [4.78, 5) is 12.6. The molecule has 2 aromatic rings. The lowest BCUT2D eigenvalue weighted by molar-refractivity contribution is 0.0944. The smallest absolute Gasteiger partial charge is 0.253 e. The number of hydrogen-bond acceptors (Lipinski definition) is 4. The number of carbonyl (C=O) groups is 1. The maximum Gasteiger partial charge on any atom is 0.253 e. The summed E-state index contributed by atoms with van der Waals surface area (Å²) in [5.74, 6) is 0.943. The van der Waals surface area contributed by atoms with Crippen LogP contribution in [-0.4, -0.2) is 44.5 Å². The zero-order valence-corrected chi connectivity index (χ0v) is 14.4. The van der Waals surface area contributed by atoms with Crippen molar-refractivity contribution in [1.82, 2.24) is 9.88 Å². The number of nitrogens with one attached hydrogen (secondary N) is 1. The van der Waals surface area contributed by atoms with Crippen molar-refractivity contribution in [2.24, 2.45) is 0 Å². The molecular weight excluding hydrogens is 308 g/mol. The van der Waals surface area contributed by atoms with Crippen molar-refractivity contribution in [3.63, 3.8) is 0 Å². The summed E-state index contributed by atoms with van der Waals surface area (Å²) < 4.78 is 17.8. The highest BCUT2D eigenvalue weighted by molar-refractivity contribution is 5.98. The Morgan fingerprint density at radius 3 is 2.42 bits per heavy atom. The topological polar surface area (TPSA) is 61.7 Å². The van der Waals surface area contributed by atoms with E-state index < -0.39 is 0 Å². The molecule has 6 nitrogen and oxygen atoms in total. The van der Waals surface area contributed by atoms with E-state index in [2.05, 4.69) is 5.32 Å². The molecule has 1 aromatic carbocycles. The fraction of sp³-hybridized carbons (Fsp3) is 0.389. The summed E-state index contributed by atoms with van der Waals surface area (Å²) in [5, 5.41) is 2.92. The van der Waals surface area contributed by atoms with Crippen molar-refractivity contribution in [1.29, 1.82) is 0 Å². The van der Waals surface area contributed by atoms with Crippen LogP contribution in [0, 0.1) is 0 Å². The van der Waals surface area contributed by atoms with Gasteiger partial charge in [-0.25, -0.2) is 0 Å². The van der Waals surface area contributed by atoms with Gasteiger partial charge in [-0.1, -0.05) is 0 Å². The summed E-state index contributed by atoms with van der Waals surface area (Å²) in [5.41, 5.74) is 1.26. The Hall–Kier alpha value is -2.47. The molecule has 1 amide bonds. The highest BCUT2D eigenvalue weighted by atomic mass is 16.5. The molecular formula is C18H24N2O4. The molecule has 24 heavy (non-hydrogen) atoms. The second kappa shape index (κ2) is 8.98. The van der Waals surface area contributed by atoms with Crippen molar-refractivity contribution >= 4 is 5.91 Å². The first-order chi connectivity index (χ1) is 11.7.